The summed E-state index contributed by atoms with van der Waals surface area (Å²) in [6.45, 7) is 5.30. The van der Waals surface area contributed by atoms with Gasteiger partial charge in [0.2, 0.25) is 5.91 Å². The summed E-state index contributed by atoms with van der Waals surface area (Å²) in [5.41, 5.74) is 3.81. The van der Waals surface area contributed by atoms with Crippen LogP contribution in [0.4, 0.5) is 11.4 Å². The van der Waals surface area contributed by atoms with Gasteiger partial charge < -0.3 is 14.8 Å². The van der Waals surface area contributed by atoms with Gasteiger partial charge in [-0.2, -0.15) is 0 Å². The Balaban J connectivity index is 2.01. The minimum Gasteiger partial charge on any atom is -0.497 e. The van der Waals surface area contributed by atoms with Crippen molar-refractivity contribution in [1.82, 2.24) is 0 Å². The van der Waals surface area contributed by atoms with Crippen molar-refractivity contribution in [2.75, 3.05) is 30.4 Å². The van der Waals surface area contributed by atoms with Crippen molar-refractivity contribution in [2.24, 2.45) is 0 Å². The van der Waals surface area contributed by atoms with Crippen LogP contribution in [-0.4, -0.2) is 35.1 Å². The van der Waals surface area contributed by atoms with Crippen molar-refractivity contribution in [2.45, 2.75) is 25.7 Å². The van der Waals surface area contributed by atoms with Gasteiger partial charge in [-0.25, -0.2) is 8.42 Å². The lowest BCUT2D eigenvalue weighted by molar-refractivity contribution is -0.114. The Morgan fingerprint density at radius 1 is 0.879 bits per heavy atom. The maximum absolute atomic E-state index is 13.7. The number of benzene rings is 3. The first kappa shape index (κ1) is 24.1. The van der Waals surface area contributed by atoms with E-state index in [-0.39, 0.29) is 10.6 Å². The second kappa shape index (κ2) is 9.95. The molecular weight excluding hydrogens is 440 g/mol. The number of anilines is 2. The molecule has 7 nitrogen and oxygen atoms in total. The topological polar surface area (TPSA) is 84.9 Å². The summed E-state index contributed by atoms with van der Waals surface area (Å²) >= 11 is 0. The van der Waals surface area contributed by atoms with Crippen LogP contribution < -0.4 is 19.1 Å². The summed E-state index contributed by atoms with van der Waals surface area (Å²) in [6, 6.07) is 16.9. The molecule has 8 heteroatoms. The Labute approximate surface area is 195 Å². The number of carbonyl (C=O) groups is 1. The third-order valence-electron chi connectivity index (χ3n) is 5.33. The first-order valence-electron chi connectivity index (χ1n) is 10.3. The van der Waals surface area contributed by atoms with Crippen LogP contribution in [0.2, 0.25) is 0 Å². The molecule has 0 atom stereocenters. The predicted molar refractivity (Wildman–Crippen MR) is 130 cm³/mol. The normalized spacial score (nSPS) is 11.1. The highest BCUT2D eigenvalue weighted by molar-refractivity contribution is 7.93. The predicted octanol–water partition coefficient (Wildman–Crippen LogP) is 4.46. The molecular formula is C25H28N2O5S. The minimum atomic E-state index is -4.13. The zero-order valence-corrected chi connectivity index (χ0v) is 20.2. The van der Waals surface area contributed by atoms with Gasteiger partial charge in [-0.05, 0) is 86.0 Å². The van der Waals surface area contributed by atoms with Crippen molar-refractivity contribution in [3.05, 3.63) is 77.4 Å². The molecule has 1 N–H and O–H groups in total. The average molecular weight is 469 g/mol. The molecule has 1 amide bonds. The van der Waals surface area contributed by atoms with Crippen molar-refractivity contribution in [3.63, 3.8) is 0 Å². The van der Waals surface area contributed by atoms with Crippen molar-refractivity contribution in [1.29, 1.82) is 0 Å². The quantitative estimate of drug-likeness (QED) is 0.528. The number of ether oxygens (including phenoxy) is 2. The third-order valence-corrected chi connectivity index (χ3v) is 7.12. The van der Waals surface area contributed by atoms with Gasteiger partial charge >= 0.3 is 0 Å². The van der Waals surface area contributed by atoms with Gasteiger partial charge in [-0.15, -0.1) is 0 Å². The first-order chi connectivity index (χ1) is 15.6. The highest BCUT2D eigenvalue weighted by Crippen LogP contribution is 2.31. The molecule has 0 spiro atoms. The SMILES string of the molecule is COc1ccc(N(CC(=O)Nc2ccc(C)c(C)c2)S(=O)(=O)c2cc(C)ccc2OC)cc1. The van der Waals surface area contributed by atoms with Crippen LogP contribution in [0.5, 0.6) is 11.5 Å². The van der Waals surface area contributed by atoms with Crippen LogP contribution >= 0.6 is 0 Å². The molecule has 0 radical (unpaired) electrons. The van der Waals surface area contributed by atoms with E-state index in [0.717, 1.165) is 21.0 Å². The molecule has 0 saturated carbocycles. The van der Waals surface area contributed by atoms with Crippen LogP contribution in [0.25, 0.3) is 0 Å². The van der Waals surface area contributed by atoms with Gasteiger partial charge in [0, 0.05) is 5.69 Å². The highest BCUT2D eigenvalue weighted by Gasteiger charge is 2.30. The molecule has 0 saturated heterocycles. The largest absolute Gasteiger partial charge is 0.497 e. The van der Waals surface area contributed by atoms with E-state index in [4.69, 9.17) is 9.47 Å². The lowest BCUT2D eigenvalue weighted by atomic mass is 10.1. The highest BCUT2D eigenvalue weighted by atomic mass is 32.2. The van der Waals surface area contributed by atoms with Crippen molar-refractivity contribution in [3.8, 4) is 11.5 Å². The van der Waals surface area contributed by atoms with Crippen LogP contribution in [0, 0.1) is 20.8 Å². The molecule has 0 fully saturated rings. The van der Waals surface area contributed by atoms with Crippen LogP contribution in [0.15, 0.2) is 65.6 Å². The molecule has 3 rings (SSSR count). The van der Waals surface area contributed by atoms with Crippen LogP contribution in [0.1, 0.15) is 16.7 Å². The standard InChI is InChI=1S/C25H28N2O5S/c1-17-6-13-23(32-5)24(14-17)33(29,30)27(21-9-11-22(31-4)12-10-21)16-25(28)26-20-8-7-18(2)19(3)15-20/h6-15H,16H2,1-5H3,(H,26,28). The summed E-state index contributed by atoms with van der Waals surface area (Å²) in [5, 5.41) is 2.80. The van der Waals surface area contributed by atoms with E-state index in [1.54, 1.807) is 49.4 Å². The smallest absolute Gasteiger partial charge is 0.268 e. The fourth-order valence-electron chi connectivity index (χ4n) is 3.32. The van der Waals surface area contributed by atoms with Crippen molar-refractivity contribution < 1.29 is 22.7 Å². The number of sulfonamides is 1. The summed E-state index contributed by atoms with van der Waals surface area (Å²) in [7, 11) is -1.20. The molecule has 0 aromatic heterocycles. The van der Waals surface area contributed by atoms with Gasteiger partial charge in [0.25, 0.3) is 10.0 Å². The van der Waals surface area contributed by atoms with E-state index in [2.05, 4.69) is 5.32 Å². The van der Waals surface area contributed by atoms with E-state index in [1.807, 2.05) is 26.0 Å². The van der Waals surface area contributed by atoms with Gasteiger partial charge in [-0.1, -0.05) is 12.1 Å². The number of methoxy groups -OCH3 is 2. The summed E-state index contributed by atoms with van der Waals surface area (Å²) in [6.07, 6.45) is 0. The Kier molecular flexibility index (Phi) is 7.28. The van der Waals surface area contributed by atoms with Gasteiger partial charge in [-0.3, -0.25) is 9.10 Å². The number of aryl methyl sites for hydroxylation is 3. The number of nitrogens with zero attached hydrogens (tertiary/aromatic N) is 1. The zero-order valence-electron chi connectivity index (χ0n) is 19.4. The molecule has 0 heterocycles. The fourth-order valence-corrected chi connectivity index (χ4v) is 4.98. The Hall–Kier alpha value is -3.52. The van der Waals surface area contributed by atoms with Gasteiger partial charge in [0.1, 0.15) is 22.9 Å². The second-order valence-corrected chi connectivity index (χ2v) is 9.54. The molecule has 0 bridgehead atoms. The maximum Gasteiger partial charge on any atom is 0.268 e. The lowest BCUT2D eigenvalue weighted by Crippen LogP contribution is -2.38. The monoisotopic (exact) mass is 468 g/mol. The van der Waals surface area contributed by atoms with Crippen LogP contribution in [0.3, 0.4) is 0 Å². The minimum absolute atomic E-state index is 0.0141. The Bertz CT molecular complexity index is 1250. The van der Waals surface area contributed by atoms with E-state index >= 15 is 0 Å². The van der Waals surface area contributed by atoms with E-state index in [1.165, 1.54) is 20.3 Å². The van der Waals surface area contributed by atoms with Crippen molar-refractivity contribution >= 4 is 27.3 Å². The first-order valence-corrected chi connectivity index (χ1v) is 11.8. The van der Waals surface area contributed by atoms with E-state index < -0.39 is 22.5 Å². The lowest BCUT2D eigenvalue weighted by Gasteiger charge is -2.25. The second-order valence-electron chi connectivity index (χ2n) is 7.71. The zero-order chi connectivity index (χ0) is 24.2. The molecule has 0 aliphatic carbocycles. The molecule has 0 unspecified atom stereocenters. The fraction of sp³-hybridized carbons (Fsp3) is 0.240. The number of amides is 1. The van der Waals surface area contributed by atoms with E-state index in [9.17, 15) is 13.2 Å². The van der Waals surface area contributed by atoms with Crippen LogP contribution in [-0.2, 0) is 14.8 Å². The number of hydrogen-bond acceptors (Lipinski definition) is 5. The number of nitrogens with one attached hydrogen (secondary N) is 1. The van der Waals surface area contributed by atoms with E-state index in [0.29, 0.717) is 17.1 Å². The molecule has 174 valence electrons. The number of rotatable bonds is 8. The average Bonchev–Trinajstić information content (AvgIpc) is 2.80. The van der Waals surface area contributed by atoms with Gasteiger partial charge in [0.05, 0.1) is 19.9 Å². The third kappa shape index (κ3) is 5.46. The summed E-state index contributed by atoms with van der Waals surface area (Å²) < 4.78 is 39.0. The molecule has 0 aliphatic rings. The molecule has 3 aromatic rings. The number of carbonyl (C=O) groups excluding carboxylic acids is 1. The number of hydrogen-bond donors (Lipinski definition) is 1. The molecule has 33 heavy (non-hydrogen) atoms. The maximum atomic E-state index is 13.7. The summed E-state index contributed by atoms with van der Waals surface area (Å²) in [5.74, 6) is 0.307. The summed E-state index contributed by atoms with van der Waals surface area (Å²) in [4.78, 5) is 12.9. The van der Waals surface area contributed by atoms with Gasteiger partial charge in [0.15, 0.2) is 0 Å². The Morgan fingerprint density at radius 2 is 1.58 bits per heavy atom. The Morgan fingerprint density at radius 3 is 2.18 bits per heavy atom. The molecule has 0 aliphatic heterocycles. The molecule has 3 aromatic carbocycles.